The molecular weight excluding hydrogens is 216 g/mol. The van der Waals surface area contributed by atoms with Crippen molar-refractivity contribution in [3.05, 3.63) is 18.2 Å². The average Bonchev–Trinajstić information content (AvgIpc) is 2.15. The van der Waals surface area contributed by atoms with E-state index in [1.807, 2.05) is 0 Å². The highest BCUT2D eigenvalue weighted by molar-refractivity contribution is 7.84. The molecule has 4 N–H and O–H groups in total. The summed E-state index contributed by atoms with van der Waals surface area (Å²) in [7, 11) is -1.08. The van der Waals surface area contributed by atoms with Crippen molar-refractivity contribution in [3.63, 3.8) is 0 Å². The van der Waals surface area contributed by atoms with Gasteiger partial charge in [-0.3, -0.25) is 9.00 Å². The van der Waals surface area contributed by atoms with Gasteiger partial charge in [0.05, 0.1) is 11.4 Å². The van der Waals surface area contributed by atoms with E-state index in [1.165, 1.54) is 0 Å². The number of nitrogens with one attached hydrogen (secondary N) is 1. The van der Waals surface area contributed by atoms with Crippen molar-refractivity contribution in [2.24, 2.45) is 0 Å². The van der Waals surface area contributed by atoms with Gasteiger partial charge in [0.15, 0.2) is 0 Å². The second-order valence-corrected chi connectivity index (χ2v) is 4.33. The number of rotatable bonds is 4. The molecule has 1 aromatic rings. The summed E-state index contributed by atoms with van der Waals surface area (Å²) >= 11 is 0. The lowest BCUT2D eigenvalue weighted by atomic mass is 10.2. The van der Waals surface area contributed by atoms with Crippen molar-refractivity contribution >= 4 is 28.1 Å². The Morgan fingerprint density at radius 2 is 2.27 bits per heavy atom. The van der Waals surface area contributed by atoms with Crippen molar-refractivity contribution in [2.45, 2.75) is 4.90 Å². The smallest absolute Gasteiger partial charge is 0.322 e. The minimum absolute atomic E-state index is 0.196. The predicted octanol–water partition coefficient (Wildman–Crippen LogP) is 0.503. The second kappa shape index (κ2) is 4.79. The van der Waals surface area contributed by atoms with E-state index in [1.54, 1.807) is 24.5 Å². The van der Waals surface area contributed by atoms with Crippen LogP contribution in [-0.4, -0.2) is 28.1 Å². The van der Waals surface area contributed by atoms with Crippen LogP contribution in [-0.2, 0) is 15.6 Å². The maximum absolute atomic E-state index is 11.1. The molecule has 0 spiro atoms. The van der Waals surface area contributed by atoms with Crippen LogP contribution in [0.25, 0.3) is 0 Å². The number of nitrogen functional groups attached to an aromatic ring is 1. The molecule has 0 amide bonds. The molecule has 1 atom stereocenters. The number of hydrogen-bond donors (Lipinski definition) is 3. The van der Waals surface area contributed by atoms with E-state index in [2.05, 4.69) is 5.32 Å². The van der Waals surface area contributed by atoms with Crippen LogP contribution in [0.15, 0.2) is 23.1 Å². The number of benzene rings is 1. The molecule has 15 heavy (non-hydrogen) atoms. The molecule has 5 nitrogen and oxygen atoms in total. The molecule has 6 heteroatoms. The molecule has 82 valence electrons. The Morgan fingerprint density at radius 3 is 2.73 bits per heavy atom. The van der Waals surface area contributed by atoms with Gasteiger partial charge in [0.2, 0.25) is 0 Å². The number of carboxylic acids is 1. The van der Waals surface area contributed by atoms with Gasteiger partial charge in [0, 0.05) is 22.0 Å². The largest absolute Gasteiger partial charge is 0.480 e. The first-order chi connectivity index (χ1) is 7.00. The number of nitrogens with two attached hydrogens (primary N) is 1. The number of anilines is 2. The first-order valence-corrected chi connectivity index (χ1v) is 5.75. The van der Waals surface area contributed by atoms with Gasteiger partial charge in [-0.15, -0.1) is 0 Å². The summed E-state index contributed by atoms with van der Waals surface area (Å²) in [5.41, 5.74) is 6.58. The van der Waals surface area contributed by atoms with E-state index in [0.29, 0.717) is 16.3 Å². The fourth-order valence-corrected chi connectivity index (χ4v) is 1.60. The topological polar surface area (TPSA) is 92.4 Å². The van der Waals surface area contributed by atoms with Gasteiger partial charge < -0.3 is 16.2 Å². The SMILES string of the molecule is CS(=O)c1ccc(NCC(=O)O)c(N)c1. The van der Waals surface area contributed by atoms with E-state index in [4.69, 9.17) is 10.8 Å². The molecule has 0 aliphatic rings. The number of hydrogen-bond acceptors (Lipinski definition) is 4. The van der Waals surface area contributed by atoms with Crippen LogP contribution in [0, 0.1) is 0 Å². The number of carbonyl (C=O) groups is 1. The highest BCUT2D eigenvalue weighted by Gasteiger charge is 2.04. The van der Waals surface area contributed by atoms with Crippen molar-refractivity contribution in [1.82, 2.24) is 0 Å². The summed E-state index contributed by atoms with van der Waals surface area (Å²) < 4.78 is 11.1. The highest BCUT2D eigenvalue weighted by atomic mass is 32.2. The van der Waals surface area contributed by atoms with Crippen molar-refractivity contribution in [1.29, 1.82) is 0 Å². The van der Waals surface area contributed by atoms with Gasteiger partial charge in [-0.25, -0.2) is 0 Å². The lowest BCUT2D eigenvalue weighted by molar-refractivity contribution is -0.134. The Bertz CT molecular complexity index is 406. The summed E-state index contributed by atoms with van der Waals surface area (Å²) in [5.74, 6) is -0.961. The number of carboxylic acid groups (broad SMARTS) is 1. The van der Waals surface area contributed by atoms with E-state index < -0.39 is 16.8 Å². The predicted molar refractivity (Wildman–Crippen MR) is 59.3 cm³/mol. The van der Waals surface area contributed by atoms with Crippen LogP contribution >= 0.6 is 0 Å². The average molecular weight is 228 g/mol. The molecule has 0 aromatic heterocycles. The van der Waals surface area contributed by atoms with Crippen molar-refractivity contribution in [2.75, 3.05) is 23.9 Å². The molecule has 0 saturated carbocycles. The molecule has 0 heterocycles. The normalized spacial score (nSPS) is 12.1. The maximum atomic E-state index is 11.1. The van der Waals surface area contributed by atoms with E-state index in [0.717, 1.165) is 0 Å². The molecular formula is C9H12N2O3S. The first-order valence-electron chi connectivity index (χ1n) is 4.19. The van der Waals surface area contributed by atoms with Gasteiger partial charge in [-0.05, 0) is 18.2 Å². The van der Waals surface area contributed by atoms with Crippen LogP contribution in [0.3, 0.4) is 0 Å². The van der Waals surface area contributed by atoms with Crippen molar-refractivity contribution < 1.29 is 14.1 Å². The van der Waals surface area contributed by atoms with Crippen LogP contribution in [0.4, 0.5) is 11.4 Å². The summed E-state index contributed by atoms with van der Waals surface area (Å²) in [6, 6.07) is 4.84. The monoisotopic (exact) mass is 228 g/mol. The molecule has 0 aliphatic heterocycles. The maximum Gasteiger partial charge on any atom is 0.322 e. The molecule has 1 aromatic carbocycles. The molecule has 1 unspecified atom stereocenters. The van der Waals surface area contributed by atoms with Crippen LogP contribution in [0.2, 0.25) is 0 Å². The zero-order chi connectivity index (χ0) is 11.4. The van der Waals surface area contributed by atoms with E-state index in [-0.39, 0.29) is 6.54 Å². The zero-order valence-electron chi connectivity index (χ0n) is 8.19. The molecule has 0 bridgehead atoms. The molecule has 0 aliphatic carbocycles. The van der Waals surface area contributed by atoms with E-state index in [9.17, 15) is 9.00 Å². The third kappa shape index (κ3) is 3.25. The third-order valence-corrected chi connectivity index (χ3v) is 2.70. The highest BCUT2D eigenvalue weighted by Crippen LogP contribution is 2.20. The Balaban J connectivity index is 2.83. The fraction of sp³-hybridized carbons (Fsp3) is 0.222. The number of aliphatic carboxylic acids is 1. The first kappa shape index (κ1) is 11.5. The molecule has 0 radical (unpaired) electrons. The van der Waals surface area contributed by atoms with Gasteiger partial charge in [0.25, 0.3) is 0 Å². The minimum atomic E-state index is -1.08. The van der Waals surface area contributed by atoms with Crippen molar-refractivity contribution in [3.8, 4) is 0 Å². The minimum Gasteiger partial charge on any atom is -0.480 e. The second-order valence-electron chi connectivity index (χ2n) is 2.95. The lowest BCUT2D eigenvalue weighted by Crippen LogP contribution is -2.13. The molecule has 0 saturated heterocycles. The molecule has 1 rings (SSSR count). The van der Waals surface area contributed by atoms with Gasteiger partial charge in [0.1, 0.15) is 6.54 Å². The summed E-state index contributed by atoms with van der Waals surface area (Å²) in [6.07, 6.45) is 1.55. The van der Waals surface area contributed by atoms with Crippen LogP contribution in [0.5, 0.6) is 0 Å². The van der Waals surface area contributed by atoms with E-state index >= 15 is 0 Å². The van der Waals surface area contributed by atoms with Crippen LogP contribution in [0.1, 0.15) is 0 Å². The Kier molecular flexibility index (Phi) is 3.68. The van der Waals surface area contributed by atoms with Gasteiger partial charge in [-0.1, -0.05) is 0 Å². The van der Waals surface area contributed by atoms with Crippen LogP contribution < -0.4 is 11.1 Å². The molecule has 0 fully saturated rings. The fourth-order valence-electron chi connectivity index (χ4n) is 1.05. The zero-order valence-corrected chi connectivity index (χ0v) is 9.00. The third-order valence-electron chi connectivity index (χ3n) is 1.79. The lowest BCUT2D eigenvalue weighted by Gasteiger charge is -2.08. The Morgan fingerprint density at radius 1 is 1.60 bits per heavy atom. The van der Waals surface area contributed by atoms with Gasteiger partial charge in [-0.2, -0.15) is 0 Å². The van der Waals surface area contributed by atoms with Gasteiger partial charge >= 0.3 is 5.97 Å². The Hall–Kier alpha value is -1.56. The Labute approximate surface area is 89.7 Å². The standard InChI is InChI=1S/C9H12N2O3S/c1-15(14)6-2-3-8(7(10)4-6)11-5-9(12)13/h2-4,11H,5,10H2,1H3,(H,12,13). The summed E-state index contributed by atoms with van der Waals surface area (Å²) in [4.78, 5) is 10.9. The summed E-state index contributed by atoms with van der Waals surface area (Å²) in [5, 5.41) is 11.1. The quantitative estimate of drug-likeness (QED) is 0.653. The summed E-state index contributed by atoms with van der Waals surface area (Å²) in [6.45, 7) is -0.196.